The van der Waals surface area contributed by atoms with Crippen molar-refractivity contribution in [1.82, 2.24) is 9.62 Å². The zero-order valence-electron chi connectivity index (χ0n) is 13.8. The molecule has 0 saturated carbocycles. The van der Waals surface area contributed by atoms with Crippen LogP contribution in [0.4, 0.5) is 0 Å². The summed E-state index contributed by atoms with van der Waals surface area (Å²) >= 11 is 0. The lowest BCUT2D eigenvalue weighted by Crippen LogP contribution is -2.31. The number of hydrogen-bond acceptors (Lipinski definition) is 3. The molecule has 1 aromatic rings. The van der Waals surface area contributed by atoms with E-state index in [0.29, 0.717) is 18.5 Å². The molecule has 5 heteroatoms. The number of sulfonamides is 1. The summed E-state index contributed by atoms with van der Waals surface area (Å²) in [5, 5.41) is 3.34. The standard InChI is InChI=1S/C16H28N2O2S/c1-13(2)11-18(5)21(19,20)12-16-8-6-15(7-9-16)10-17-14(3)4/h6-9,13-14,17H,10-12H2,1-5H3. The molecule has 4 nitrogen and oxygen atoms in total. The predicted octanol–water partition coefficient (Wildman–Crippen LogP) is 2.60. The molecule has 0 fully saturated rings. The smallest absolute Gasteiger partial charge is 0.218 e. The molecule has 0 spiro atoms. The Morgan fingerprint density at radius 1 is 1.05 bits per heavy atom. The highest BCUT2D eigenvalue weighted by atomic mass is 32.2. The maximum Gasteiger partial charge on any atom is 0.218 e. The number of benzene rings is 1. The lowest BCUT2D eigenvalue weighted by Gasteiger charge is -2.19. The Labute approximate surface area is 129 Å². The molecule has 0 aromatic heterocycles. The molecule has 0 radical (unpaired) electrons. The summed E-state index contributed by atoms with van der Waals surface area (Å²) in [6, 6.07) is 8.22. The molecular weight excluding hydrogens is 284 g/mol. The van der Waals surface area contributed by atoms with Gasteiger partial charge < -0.3 is 5.32 Å². The van der Waals surface area contributed by atoms with Crippen LogP contribution in [-0.2, 0) is 22.3 Å². The second-order valence-electron chi connectivity index (χ2n) is 6.28. The van der Waals surface area contributed by atoms with Crippen molar-refractivity contribution >= 4 is 10.0 Å². The van der Waals surface area contributed by atoms with Gasteiger partial charge in [0, 0.05) is 26.2 Å². The molecule has 1 aromatic carbocycles. The molecule has 120 valence electrons. The Hall–Kier alpha value is -0.910. The molecule has 0 saturated heterocycles. The molecule has 0 unspecified atom stereocenters. The van der Waals surface area contributed by atoms with Crippen molar-refractivity contribution in [2.24, 2.45) is 5.92 Å². The van der Waals surface area contributed by atoms with Crippen LogP contribution in [0.15, 0.2) is 24.3 Å². The van der Waals surface area contributed by atoms with Crippen molar-refractivity contribution in [2.75, 3.05) is 13.6 Å². The fraction of sp³-hybridized carbons (Fsp3) is 0.625. The van der Waals surface area contributed by atoms with Crippen LogP contribution >= 0.6 is 0 Å². The van der Waals surface area contributed by atoms with E-state index in [0.717, 1.165) is 12.1 Å². The zero-order chi connectivity index (χ0) is 16.0. The fourth-order valence-corrected chi connectivity index (χ4v) is 3.38. The minimum absolute atomic E-state index is 0.0636. The van der Waals surface area contributed by atoms with Crippen molar-refractivity contribution in [3.63, 3.8) is 0 Å². The summed E-state index contributed by atoms with van der Waals surface area (Å²) in [5.41, 5.74) is 2.00. The van der Waals surface area contributed by atoms with E-state index in [1.54, 1.807) is 7.05 Å². The highest BCUT2D eigenvalue weighted by Crippen LogP contribution is 2.12. The third-order valence-corrected chi connectivity index (χ3v) is 4.98. The van der Waals surface area contributed by atoms with Crippen molar-refractivity contribution in [3.05, 3.63) is 35.4 Å². The van der Waals surface area contributed by atoms with E-state index in [-0.39, 0.29) is 5.75 Å². The topological polar surface area (TPSA) is 49.4 Å². The maximum atomic E-state index is 12.2. The van der Waals surface area contributed by atoms with Crippen LogP contribution in [-0.4, -0.2) is 32.4 Å². The molecule has 0 amide bonds. The first-order chi connectivity index (χ1) is 9.70. The van der Waals surface area contributed by atoms with Crippen LogP contribution in [0.1, 0.15) is 38.8 Å². The van der Waals surface area contributed by atoms with Gasteiger partial charge in [0.1, 0.15) is 0 Å². The third kappa shape index (κ3) is 6.59. The molecule has 0 heterocycles. The van der Waals surface area contributed by atoms with Gasteiger partial charge in [-0.3, -0.25) is 0 Å². The molecule has 1 N–H and O–H groups in total. The molecule has 0 aliphatic heterocycles. The van der Waals surface area contributed by atoms with Gasteiger partial charge in [-0.05, 0) is 17.0 Å². The van der Waals surface area contributed by atoms with Crippen LogP contribution in [0.2, 0.25) is 0 Å². The Kier molecular flexibility index (Phi) is 6.84. The number of rotatable bonds is 8. The second kappa shape index (κ2) is 7.92. The quantitative estimate of drug-likeness (QED) is 0.803. The van der Waals surface area contributed by atoms with E-state index in [1.807, 2.05) is 38.1 Å². The van der Waals surface area contributed by atoms with Gasteiger partial charge in [0.05, 0.1) is 5.75 Å². The van der Waals surface area contributed by atoms with Crippen LogP contribution < -0.4 is 5.32 Å². The number of hydrogen-bond donors (Lipinski definition) is 1. The molecule has 0 bridgehead atoms. The Morgan fingerprint density at radius 3 is 2.05 bits per heavy atom. The molecule has 0 aliphatic carbocycles. The molecule has 1 rings (SSSR count). The normalized spacial score (nSPS) is 12.6. The molecule has 0 aliphatic rings. The zero-order valence-corrected chi connectivity index (χ0v) is 14.6. The van der Waals surface area contributed by atoms with Crippen molar-refractivity contribution in [2.45, 2.75) is 46.0 Å². The van der Waals surface area contributed by atoms with Gasteiger partial charge in [-0.1, -0.05) is 52.0 Å². The molecule has 21 heavy (non-hydrogen) atoms. The van der Waals surface area contributed by atoms with Crippen molar-refractivity contribution in [1.29, 1.82) is 0 Å². The minimum Gasteiger partial charge on any atom is -0.310 e. The summed E-state index contributed by atoms with van der Waals surface area (Å²) in [6.07, 6.45) is 0. The van der Waals surface area contributed by atoms with Gasteiger partial charge in [0.2, 0.25) is 10.0 Å². The monoisotopic (exact) mass is 312 g/mol. The van der Waals surface area contributed by atoms with E-state index in [4.69, 9.17) is 0 Å². The average molecular weight is 312 g/mol. The third-order valence-electron chi connectivity index (χ3n) is 3.18. The van der Waals surface area contributed by atoms with Gasteiger partial charge in [-0.25, -0.2) is 12.7 Å². The highest BCUT2D eigenvalue weighted by Gasteiger charge is 2.19. The lowest BCUT2D eigenvalue weighted by molar-refractivity contribution is 0.416. The summed E-state index contributed by atoms with van der Waals surface area (Å²) in [7, 11) is -1.58. The maximum absolute atomic E-state index is 12.2. The minimum atomic E-state index is -3.23. The van der Waals surface area contributed by atoms with Crippen molar-refractivity contribution < 1.29 is 8.42 Å². The Balaban J connectivity index is 2.66. The van der Waals surface area contributed by atoms with Gasteiger partial charge in [-0.15, -0.1) is 0 Å². The lowest BCUT2D eigenvalue weighted by atomic mass is 10.1. The van der Waals surface area contributed by atoms with E-state index in [2.05, 4.69) is 19.2 Å². The SMILES string of the molecule is CC(C)CN(C)S(=O)(=O)Cc1ccc(CNC(C)C)cc1. The fourth-order valence-electron chi connectivity index (χ4n) is 2.02. The molecule has 0 atom stereocenters. The molecular formula is C16H28N2O2S. The second-order valence-corrected chi connectivity index (χ2v) is 8.36. The van der Waals surface area contributed by atoms with Gasteiger partial charge >= 0.3 is 0 Å². The average Bonchev–Trinajstić information content (AvgIpc) is 2.36. The van der Waals surface area contributed by atoms with E-state index >= 15 is 0 Å². The summed E-state index contributed by atoms with van der Waals surface area (Å²) in [6.45, 7) is 9.60. The van der Waals surface area contributed by atoms with Gasteiger partial charge in [0.25, 0.3) is 0 Å². The number of nitrogens with one attached hydrogen (secondary N) is 1. The first-order valence-electron chi connectivity index (χ1n) is 7.46. The van der Waals surface area contributed by atoms with Crippen LogP contribution in [0, 0.1) is 5.92 Å². The predicted molar refractivity (Wildman–Crippen MR) is 88.5 cm³/mol. The first-order valence-corrected chi connectivity index (χ1v) is 9.07. The van der Waals surface area contributed by atoms with E-state index < -0.39 is 10.0 Å². The largest absolute Gasteiger partial charge is 0.310 e. The summed E-state index contributed by atoms with van der Waals surface area (Å²) in [4.78, 5) is 0. The highest BCUT2D eigenvalue weighted by molar-refractivity contribution is 7.88. The van der Waals surface area contributed by atoms with Gasteiger partial charge in [0.15, 0.2) is 0 Å². The first kappa shape index (κ1) is 18.1. The van der Waals surface area contributed by atoms with Crippen LogP contribution in [0.25, 0.3) is 0 Å². The van der Waals surface area contributed by atoms with Crippen molar-refractivity contribution in [3.8, 4) is 0 Å². The van der Waals surface area contributed by atoms with E-state index in [9.17, 15) is 8.42 Å². The summed E-state index contributed by atoms with van der Waals surface area (Å²) < 4.78 is 25.9. The van der Waals surface area contributed by atoms with Gasteiger partial charge in [-0.2, -0.15) is 0 Å². The summed E-state index contributed by atoms with van der Waals surface area (Å²) in [5.74, 6) is 0.392. The van der Waals surface area contributed by atoms with E-state index in [1.165, 1.54) is 9.87 Å². The number of nitrogens with zero attached hydrogens (tertiary/aromatic N) is 1. The Morgan fingerprint density at radius 2 is 1.57 bits per heavy atom. The van der Waals surface area contributed by atoms with Crippen LogP contribution in [0.3, 0.4) is 0 Å². The van der Waals surface area contributed by atoms with Crippen LogP contribution in [0.5, 0.6) is 0 Å². The Bertz CT molecular complexity index is 522.